The summed E-state index contributed by atoms with van der Waals surface area (Å²) in [7, 11) is 0. The largest absolute Gasteiger partial charge is 0.366 e. The average Bonchev–Trinajstić information content (AvgIpc) is 3.07. The maximum atomic E-state index is 13.8. The molecule has 1 amide bonds. The Morgan fingerprint density at radius 1 is 1.25 bits per heavy atom. The van der Waals surface area contributed by atoms with Crippen molar-refractivity contribution in [2.24, 2.45) is 0 Å². The molecule has 8 nitrogen and oxygen atoms in total. The lowest BCUT2D eigenvalue weighted by Gasteiger charge is -2.35. The van der Waals surface area contributed by atoms with Crippen LogP contribution in [0.25, 0.3) is 0 Å². The molecule has 24 heavy (non-hydrogen) atoms. The third-order valence-electron chi connectivity index (χ3n) is 3.87. The fraction of sp³-hybridized carbons (Fsp3) is 0.286. The zero-order valence-corrected chi connectivity index (χ0v) is 12.4. The first-order valence-corrected chi connectivity index (χ1v) is 7.15. The summed E-state index contributed by atoms with van der Waals surface area (Å²) in [6, 6.07) is 3.92. The molecule has 0 saturated carbocycles. The van der Waals surface area contributed by atoms with Gasteiger partial charge in [-0.15, -0.1) is 0 Å². The van der Waals surface area contributed by atoms with Gasteiger partial charge in [0.25, 0.3) is 5.91 Å². The number of aromatic nitrogens is 2. The van der Waals surface area contributed by atoms with Crippen LogP contribution in [0, 0.1) is 21.7 Å². The third-order valence-corrected chi connectivity index (χ3v) is 3.87. The highest BCUT2D eigenvalue weighted by atomic mass is 19.2. The summed E-state index contributed by atoms with van der Waals surface area (Å²) in [6.45, 7) is 1.03. The zero-order valence-electron chi connectivity index (χ0n) is 12.4. The van der Waals surface area contributed by atoms with E-state index in [1.165, 1.54) is 17.0 Å². The number of nitro groups is 1. The molecule has 1 fully saturated rings. The Labute approximate surface area is 134 Å². The number of piperazine rings is 1. The van der Waals surface area contributed by atoms with Gasteiger partial charge in [-0.25, -0.2) is 8.78 Å². The lowest BCUT2D eigenvalue weighted by molar-refractivity contribution is -0.385. The number of carbonyl (C=O) groups is 1. The van der Waals surface area contributed by atoms with E-state index in [0.717, 1.165) is 12.3 Å². The van der Waals surface area contributed by atoms with Gasteiger partial charge in [-0.3, -0.25) is 20.0 Å². The molecule has 0 bridgehead atoms. The standard InChI is InChI=1S/C14H13F2N5O3/c15-9-2-1-3-10(12(9)16)19-4-6-20(7-5-19)14(22)13-11(21(23)24)8-17-18-13/h1-3,8H,4-7H2,(H,17,18). The number of amides is 1. The van der Waals surface area contributed by atoms with Crippen molar-refractivity contribution in [1.29, 1.82) is 0 Å². The quantitative estimate of drug-likeness (QED) is 0.677. The lowest BCUT2D eigenvalue weighted by Crippen LogP contribution is -2.49. The van der Waals surface area contributed by atoms with E-state index in [-0.39, 0.29) is 37.6 Å². The molecule has 0 radical (unpaired) electrons. The van der Waals surface area contributed by atoms with Crippen LogP contribution in [0.15, 0.2) is 24.4 Å². The number of halogens is 2. The summed E-state index contributed by atoms with van der Waals surface area (Å²) in [4.78, 5) is 25.6. The Morgan fingerprint density at radius 3 is 2.62 bits per heavy atom. The summed E-state index contributed by atoms with van der Waals surface area (Å²) in [5, 5.41) is 16.7. The van der Waals surface area contributed by atoms with E-state index in [1.807, 2.05) is 0 Å². The monoisotopic (exact) mass is 337 g/mol. The minimum absolute atomic E-state index is 0.134. The highest BCUT2D eigenvalue weighted by Gasteiger charge is 2.30. The van der Waals surface area contributed by atoms with Crippen molar-refractivity contribution in [3.63, 3.8) is 0 Å². The van der Waals surface area contributed by atoms with Crippen molar-refractivity contribution in [3.8, 4) is 0 Å². The first-order chi connectivity index (χ1) is 11.5. The van der Waals surface area contributed by atoms with Gasteiger partial charge >= 0.3 is 5.69 Å². The number of carbonyl (C=O) groups excluding carboxylic acids is 1. The molecule has 10 heteroatoms. The van der Waals surface area contributed by atoms with E-state index in [1.54, 1.807) is 4.90 Å². The first-order valence-electron chi connectivity index (χ1n) is 7.15. The van der Waals surface area contributed by atoms with E-state index in [0.29, 0.717) is 0 Å². The molecule has 1 aromatic heterocycles. The van der Waals surface area contributed by atoms with E-state index >= 15 is 0 Å². The average molecular weight is 337 g/mol. The second-order valence-electron chi connectivity index (χ2n) is 5.24. The van der Waals surface area contributed by atoms with Crippen LogP contribution in [0.5, 0.6) is 0 Å². The summed E-state index contributed by atoms with van der Waals surface area (Å²) in [6.07, 6.45) is 0.978. The molecule has 0 spiro atoms. The number of nitrogens with zero attached hydrogens (tertiary/aromatic N) is 4. The first kappa shape index (κ1) is 15.8. The molecule has 3 rings (SSSR count). The number of aromatic amines is 1. The molecule has 1 N–H and O–H groups in total. The van der Waals surface area contributed by atoms with Gasteiger partial charge in [-0.1, -0.05) is 6.07 Å². The van der Waals surface area contributed by atoms with Crippen molar-refractivity contribution in [3.05, 3.63) is 51.8 Å². The summed E-state index contributed by atoms with van der Waals surface area (Å²) in [5.41, 5.74) is -0.446. The highest BCUT2D eigenvalue weighted by Crippen LogP contribution is 2.24. The van der Waals surface area contributed by atoms with Crippen LogP contribution in [0.1, 0.15) is 10.5 Å². The van der Waals surface area contributed by atoms with Crippen LogP contribution in [-0.2, 0) is 0 Å². The van der Waals surface area contributed by atoms with Crippen LogP contribution in [-0.4, -0.2) is 52.1 Å². The molecule has 1 aromatic carbocycles. The van der Waals surface area contributed by atoms with E-state index in [9.17, 15) is 23.7 Å². The van der Waals surface area contributed by atoms with E-state index in [2.05, 4.69) is 10.2 Å². The number of H-pyrrole nitrogens is 1. The maximum Gasteiger partial charge on any atom is 0.319 e. The number of benzene rings is 1. The molecule has 2 aromatic rings. The molecule has 1 saturated heterocycles. The van der Waals surface area contributed by atoms with Crippen molar-refractivity contribution in [2.75, 3.05) is 31.1 Å². The molecule has 0 unspecified atom stereocenters. The third kappa shape index (κ3) is 2.77. The van der Waals surface area contributed by atoms with Gasteiger partial charge < -0.3 is 9.80 Å². The van der Waals surface area contributed by atoms with Crippen molar-refractivity contribution in [1.82, 2.24) is 15.1 Å². The summed E-state index contributed by atoms with van der Waals surface area (Å²) < 4.78 is 27.1. The molecule has 0 aliphatic carbocycles. The Balaban J connectivity index is 1.71. The van der Waals surface area contributed by atoms with Gasteiger partial charge in [0.1, 0.15) is 6.20 Å². The zero-order chi connectivity index (χ0) is 17.3. The summed E-state index contributed by atoms with van der Waals surface area (Å²) >= 11 is 0. The highest BCUT2D eigenvalue weighted by molar-refractivity contribution is 5.96. The fourth-order valence-corrected chi connectivity index (χ4v) is 2.62. The molecule has 1 aliphatic rings. The lowest BCUT2D eigenvalue weighted by atomic mass is 10.2. The van der Waals surface area contributed by atoms with Gasteiger partial charge in [0, 0.05) is 26.2 Å². The number of hydrogen-bond donors (Lipinski definition) is 1. The topological polar surface area (TPSA) is 95.4 Å². The van der Waals surface area contributed by atoms with E-state index < -0.39 is 28.2 Å². The molecule has 2 heterocycles. The molecule has 1 aliphatic heterocycles. The molecular formula is C14H13F2N5O3. The molecule has 126 valence electrons. The number of anilines is 1. The van der Waals surface area contributed by atoms with Gasteiger partial charge in [-0.05, 0) is 12.1 Å². The maximum absolute atomic E-state index is 13.8. The summed E-state index contributed by atoms with van der Waals surface area (Å²) in [5.74, 6) is -2.40. The Hall–Kier alpha value is -3.04. The SMILES string of the molecule is O=C(c1[nH]ncc1[N+](=O)[O-])N1CCN(c2cccc(F)c2F)CC1. The van der Waals surface area contributed by atoms with Crippen molar-refractivity contribution in [2.45, 2.75) is 0 Å². The van der Waals surface area contributed by atoms with Crippen molar-refractivity contribution >= 4 is 17.3 Å². The minimum atomic E-state index is -0.931. The second-order valence-corrected chi connectivity index (χ2v) is 5.24. The van der Waals surface area contributed by atoms with Crippen LogP contribution in [0.3, 0.4) is 0 Å². The van der Waals surface area contributed by atoms with Crippen molar-refractivity contribution < 1.29 is 18.5 Å². The Bertz CT molecular complexity index is 786. The number of nitrogens with one attached hydrogen (secondary N) is 1. The van der Waals surface area contributed by atoms with Crippen LogP contribution >= 0.6 is 0 Å². The molecule has 0 atom stereocenters. The van der Waals surface area contributed by atoms with Gasteiger partial charge in [0.15, 0.2) is 11.6 Å². The number of rotatable bonds is 3. The van der Waals surface area contributed by atoms with Crippen LogP contribution in [0.2, 0.25) is 0 Å². The predicted molar refractivity (Wildman–Crippen MR) is 79.7 cm³/mol. The van der Waals surface area contributed by atoms with Gasteiger partial charge in [-0.2, -0.15) is 5.10 Å². The van der Waals surface area contributed by atoms with Gasteiger partial charge in [0.2, 0.25) is 5.69 Å². The smallest absolute Gasteiger partial charge is 0.319 e. The predicted octanol–water partition coefficient (Wildman–Crippen LogP) is 1.56. The Morgan fingerprint density at radius 2 is 1.96 bits per heavy atom. The van der Waals surface area contributed by atoms with Gasteiger partial charge in [0.05, 0.1) is 10.6 Å². The van der Waals surface area contributed by atoms with Crippen LogP contribution < -0.4 is 4.90 Å². The fourth-order valence-electron chi connectivity index (χ4n) is 2.62. The molecular weight excluding hydrogens is 324 g/mol. The second kappa shape index (κ2) is 6.22. The Kier molecular flexibility index (Phi) is 4.11. The minimum Gasteiger partial charge on any atom is -0.366 e. The van der Waals surface area contributed by atoms with Crippen LogP contribution in [0.4, 0.5) is 20.2 Å². The van der Waals surface area contributed by atoms with E-state index in [4.69, 9.17) is 0 Å². The number of hydrogen-bond acceptors (Lipinski definition) is 5. The normalized spacial score (nSPS) is 14.8.